The molecule has 0 bridgehead atoms. The van der Waals surface area contributed by atoms with Crippen LogP contribution in [0.1, 0.15) is 18.2 Å². The van der Waals surface area contributed by atoms with E-state index in [0.29, 0.717) is 18.8 Å². The Labute approximate surface area is 163 Å². The highest BCUT2D eigenvalue weighted by atomic mass is 32.2. The van der Waals surface area contributed by atoms with Gasteiger partial charge in [0.2, 0.25) is 0 Å². The van der Waals surface area contributed by atoms with Crippen molar-refractivity contribution in [2.24, 2.45) is 0 Å². The molecule has 4 rings (SSSR count). The highest BCUT2D eigenvalue weighted by Gasteiger charge is 2.21. The number of nitrogens with one attached hydrogen (secondary N) is 1. The van der Waals surface area contributed by atoms with Crippen molar-refractivity contribution < 1.29 is 8.42 Å². The molecule has 0 atom stereocenters. The van der Waals surface area contributed by atoms with Crippen molar-refractivity contribution in [3.05, 3.63) is 72.2 Å². The van der Waals surface area contributed by atoms with E-state index in [0.717, 1.165) is 16.3 Å². The summed E-state index contributed by atoms with van der Waals surface area (Å²) in [4.78, 5) is 0.165. The maximum Gasteiger partial charge on any atom is 0.266 e. The van der Waals surface area contributed by atoms with Gasteiger partial charge in [-0.25, -0.2) is 8.42 Å². The molecule has 7 nitrogen and oxygen atoms in total. The lowest BCUT2D eigenvalue weighted by Crippen LogP contribution is -2.14. The Morgan fingerprint density at radius 1 is 1.00 bits per heavy atom. The summed E-state index contributed by atoms with van der Waals surface area (Å²) in [6, 6.07) is 16.0. The van der Waals surface area contributed by atoms with Crippen LogP contribution in [0.5, 0.6) is 0 Å². The van der Waals surface area contributed by atoms with Gasteiger partial charge in [-0.05, 0) is 30.2 Å². The predicted octanol–water partition coefficient (Wildman–Crippen LogP) is 3.41. The fraction of sp³-hybridized carbons (Fsp3) is 0.200. The molecule has 0 aliphatic rings. The van der Waals surface area contributed by atoms with Crippen molar-refractivity contribution in [1.82, 2.24) is 19.6 Å². The van der Waals surface area contributed by atoms with E-state index < -0.39 is 10.0 Å². The fourth-order valence-electron chi connectivity index (χ4n) is 3.23. The number of hydrogen-bond acceptors (Lipinski definition) is 4. The molecule has 0 spiro atoms. The average Bonchev–Trinajstić information content (AvgIpc) is 3.28. The van der Waals surface area contributed by atoms with Crippen LogP contribution >= 0.6 is 0 Å². The monoisotopic (exact) mass is 395 g/mol. The Morgan fingerprint density at radius 3 is 2.57 bits per heavy atom. The van der Waals surface area contributed by atoms with Gasteiger partial charge in [0.05, 0.1) is 12.2 Å². The van der Waals surface area contributed by atoms with Gasteiger partial charge < -0.3 is 0 Å². The first-order valence-corrected chi connectivity index (χ1v) is 10.5. The number of aryl methyl sites for hydroxylation is 2. The standard InChI is InChI=1S/C20H21N5O2S/c1-3-24-14-19(15(2)21-24)28(26,27)23-20-11-12-25(22-20)13-17-9-6-8-16-7-4-5-10-18(16)17/h4-12,14H,3,13H2,1-2H3,(H,22,23). The molecule has 1 N–H and O–H groups in total. The number of hydrogen-bond donors (Lipinski definition) is 1. The van der Waals surface area contributed by atoms with Crippen LogP contribution in [0.3, 0.4) is 0 Å². The van der Waals surface area contributed by atoms with Gasteiger partial charge in [0.1, 0.15) is 4.90 Å². The third-order valence-corrected chi connectivity index (χ3v) is 6.06. The van der Waals surface area contributed by atoms with Crippen LogP contribution < -0.4 is 4.72 Å². The zero-order chi connectivity index (χ0) is 19.7. The number of fused-ring (bicyclic) bond motifs is 1. The molecule has 0 saturated heterocycles. The largest absolute Gasteiger partial charge is 0.271 e. The minimum absolute atomic E-state index is 0.165. The van der Waals surface area contributed by atoms with E-state index >= 15 is 0 Å². The van der Waals surface area contributed by atoms with Crippen molar-refractivity contribution >= 4 is 26.6 Å². The van der Waals surface area contributed by atoms with Crippen LogP contribution in [0.4, 0.5) is 5.82 Å². The molecular formula is C20H21N5O2S. The molecule has 2 aromatic heterocycles. The van der Waals surface area contributed by atoms with Gasteiger partial charge in [-0.3, -0.25) is 14.1 Å². The zero-order valence-corrected chi connectivity index (χ0v) is 16.5. The van der Waals surface area contributed by atoms with E-state index in [2.05, 4.69) is 39.2 Å². The minimum Gasteiger partial charge on any atom is -0.271 e. The SMILES string of the molecule is CCn1cc(S(=O)(=O)Nc2ccn(Cc3cccc4ccccc34)n2)c(C)n1. The van der Waals surface area contributed by atoms with Crippen molar-refractivity contribution in [3.8, 4) is 0 Å². The van der Waals surface area contributed by atoms with Crippen LogP contribution in [-0.2, 0) is 23.1 Å². The Bertz CT molecular complexity index is 1240. The Hall–Kier alpha value is -3.13. The smallest absolute Gasteiger partial charge is 0.266 e. The van der Waals surface area contributed by atoms with E-state index in [4.69, 9.17) is 0 Å². The lowest BCUT2D eigenvalue weighted by atomic mass is 10.0. The molecule has 0 amide bonds. The normalized spacial score (nSPS) is 11.8. The second-order valence-electron chi connectivity index (χ2n) is 6.58. The number of nitrogens with zero attached hydrogens (tertiary/aromatic N) is 4. The minimum atomic E-state index is -3.74. The predicted molar refractivity (Wildman–Crippen MR) is 109 cm³/mol. The Morgan fingerprint density at radius 2 is 1.79 bits per heavy atom. The van der Waals surface area contributed by atoms with Gasteiger partial charge in [0.25, 0.3) is 10.0 Å². The summed E-state index contributed by atoms with van der Waals surface area (Å²) < 4.78 is 31.2. The summed E-state index contributed by atoms with van der Waals surface area (Å²) in [7, 11) is -3.74. The van der Waals surface area contributed by atoms with E-state index in [1.165, 1.54) is 6.20 Å². The molecule has 2 aromatic carbocycles. The van der Waals surface area contributed by atoms with Crippen molar-refractivity contribution in [2.45, 2.75) is 31.8 Å². The van der Waals surface area contributed by atoms with Gasteiger partial charge in [-0.1, -0.05) is 42.5 Å². The second-order valence-corrected chi connectivity index (χ2v) is 8.23. The van der Waals surface area contributed by atoms with Gasteiger partial charge in [-0.15, -0.1) is 0 Å². The van der Waals surface area contributed by atoms with E-state index in [1.807, 2.05) is 25.1 Å². The average molecular weight is 395 g/mol. The van der Waals surface area contributed by atoms with Crippen molar-refractivity contribution in [2.75, 3.05) is 4.72 Å². The molecule has 144 valence electrons. The summed E-state index contributed by atoms with van der Waals surface area (Å²) in [5.74, 6) is 0.281. The lowest BCUT2D eigenvalue weighted by molar-refractivity contribution is 0.599. The third kappa shape index (κ3) is 3.50. The van der Waals surface area contributed by atoms with Gasteiger partial charge in [-0.2, -0.15) is 10.2 Å². The lowest BCUT2D eigenvalue weighted by Gasteiger charge is -2.07. The van der Waals surface area contributed by atoms with E-state index in [1.54, 1.807) is 28.6 Å². The number of rotatable bonds is 6. The van der Waals surface area contributed by atoms with Crippen LogP contribution in [0, 0.1) is 6.92 Å². The first-order valence-electron chi connectivity index (χ1n) is 9.03. The van der Waals surface area contributed by atoms with E-state index in [9.17, 15) is 8.42 Å². The van der Waals surface area contributed by atoms with Crippen LogP contribution in [-0.4, -0.2) is 28.0 Å². The van der Waals surface area contributed by atoms with Crippen molar-refractivity contribution in [1.29, 1.82) is 0 Å². The number of aromatic nitrogens is 4. The maximum atomic E-state index is 12.7. The molecule has 4 aromatic rings. The summed E-state index contributed by atoms with van der Waals surface area (Å²) in [6.07, 6.45) is 3.30. The van der Waals surface area contributed by atoms with Crippen LogP contribution in [0.15, 0.2) is 65.8 Å². The first kappa shape index (κ1) is 18.2. The first-order chi connectivity index (χ1) is 13.5. The highest BCUT2D eigenvalue weighted by molar-refractivity contribution is 7.92. The second kappa shape index (κ2) is 7.12. The molecule has 2 heterocycles. The number of anilines is 1. The molecule has 0 saturated carbocycles. The number of benzene rings is 2. The van der Waals surface area contributed by atoms with Gasteiger partial charge in [0.15, 0.2) is 5.82 Å². The van der Waals surface area contributed by atoms with Gasteiger partial charge in [0, 0.05) is 25.0 Å². The summed E-state index contributed by atoms with van der Waals surface area (Å²) in [5.41, 5.74) is 1.58. The topological polar surface area (TPSA) is 81.8 Å². The molecule has 0 aliphatic heterocycles. The molecular weight excluding hydrogens is 374 g/mol. The Kier molecular flexibility index (Phi) is 4.64. The quantitative estimate of drug-likeness (QED) is 0.542. The van der Waals surface area contributed by atoms with Crippen LogP contribution in [0.25, 0.3) is 10.8 Å². The Balaban J connectivity index is 1.56. The fourth-order valence-corrected chi connectivity index (χ4v) is 4.41. The molecule has 0 aliphatic carbocycles. The van der Waals surface area contributed by atoms with Gasteiger partial charge >= 0.3 is 0 Å². The molecule has 28 heavy (non-hydrogen) atoms. The summed E-state index contributed by atoms with van der Waals surface area (Å²) in [6.45, 7) is 4.75. The van der Waals surface area contributed by atoms with Crippen LogP contribution in [0.2, 0.25) is 0 Å². The van der Waals surface area contributed by atoms with E-state index in [-0.39, 0.29) is 10.7 Å². The molecule has 8 heteroatoms. The van der Waals surface area contributed by atoms with Crippen molar-refractivity contribution in [3.63, 3.8) is 0 Å². The molecule has 0 radical (unpaired) electrons. The highest BCUT2D eigenvalue weighted by Crippen LogP contribution is 2.21. The zero-order valence-electron chi connectivity index (χ0n) is 15.7. The third-order valence-electron chi connectivity index (χ3n) is 4.61. The summed E-state index contributed by atoms with van der Waals surface area (Å²) >= 11 is 0. The maximum absolute atomic E-state index is 12.7. The molecule has 0 fully saturated rings. The molecule has 0 unspecified atom stereocenters. The number of sulfonamides is 1. The summed E-state index contributed by atoms with van der Waals surface area (Å²) in [5, 5.41) is 10.9.